The summed E-state index contributed by atoms with van der Waals surface area (Å²) in [6.07, 6.45) is -0.325. The smallest absolute Gasteiger partial charge is 0.306 e. The maximum Gasteiger partial charge on any atom is 0.306 e. The zero-order valence-electron chi connectivity index (χ0n) is 15.6. The summed E-state index contributed by atoms with van der Waals surface area (Å²) in [5.41, 5.74) is 2.00. The van der Waals surface area contributed by atoms with Crippen molar-refractivity contribution in [3.63, 3.8) is 0 Å². The molecule has 0 aliphatic carbocycles. The topological polar surface area (TPSA) is 92.7 Å². The van der Waals surface area contributed by atoms with Crippen LogP contribution in [-0.2, 0) is 16.0 Å². The Balaban J connectivity index is 1.95. The van der Waals surface area contributed by atoms with Crippen LogP contribution in [0.3, 0.4) is 0 Å². The van der Waals surface area contributed by atoms with Gasteiger partial charge in [-0.15, -0.1) is 0 Å². The summed E-state index contributed by atoms with van der Waals surface area (Å²) in [5.74, 6) is -1.26. The van der Waals surface area contributed by atoms with Crippen LogP contribution in [0.25, 0.3) is 0 Å². The highest BCUT2D eigenvalue weighted by Crippen LogP contribution is 2.17. The molecule has 142 valence electrons. The number of carboxylic acid groups (broad SMARTS) is 1. The van der Waals surface area contributed by atoms with Gasteiger partial charge in [0.1, 0.15) is 5.75 Å². The summed E-state index contributed by atoms with van der Waals surface area (Å²) < 4.78 is 5.61. The van der Waals surface area contributed by atoms with Gasteiger partial charge in [-0.1, -0.05) is 31.2 Å². The number of hydrogen-bond acceptors (Lipinski definition) is 4. The van der Waals surface area contributed by atoms with Crippen molar-refractivity contribution in [3.05, 3.63) is 59.7 Å². The fraction of sp³-hybridized carbons (Fsp3) is 0.286. The van der Waals surface area contributed by atoms with Gasteiger partial charge in [0, 0.05) is 11.3 Å². The largest absolute Gasteiger partial charge is 0.481 e. The van der Waals surface area contributed by atoms with E-state index in [1.165, 1.54) is 6.92 Å². The molecule has 0 aliphatic heterocycles. The fourth-order valence-electron chi connectivity index (χ4n) is 2.45. The number of rotatable bonds is 8. The van der Waals surface area contributed by atoms with Gasteiger partial charge in [-0.25, -0.2) is 0 Å². The first-order valence-corrected chi connectivity index (χ1v) is 8.66. The number of carboxylic acids is 1. The van der Waals surface area contributed by atoms with Gasteiger partial charge in [0.2, 0.25) is 0 Å². The van der Waals surface area contributed by atoms with E-state index in [4.69, 9.17) is 9.84 Å². The first kappa shape index (κ1) is 20.2. The molecule has 6 heteroatoms. The van der Waals surface area contributed by atoms with E-state index in [0.717, 1.165) is 5.56 Å². The standard InChI is InChI=1S/C21H23NO5/c1-13(21(25)26)11-16-7-9-18(10-8-16)22-20(24)15(3)27-19-6-4-5-17(12-19)14(2)23/h4-10,12-13,15H,11H2,1-3H3,(H,22,24)(H,25,26). The number of carbonyl (C=O) groups excluding carboxylic acids is 2. The SMILES string of the molecule is CC(=O)c1cccc(OC(C)C(=O)Nc2ccc(CC(C)C(=O)O)cc2)c1. The Morgan fingerprint density at radius 2 is 1.74 bits per heavy atom. The summed E-state index contributed by atoms with van der Waals surface area (Å²) in [4.78, 5) is 34.6. The van der Waals surface area contributed by atoms with Gasteiger partial charge in [-0.3, -0.25) is 14.4 Å². The van der Waals surface area contributed by atoms with Crippen molar-refractivity contribution in [3.8, 4) is 5.75 Å². The first-order chi connectivity index (χ1) is 12.8. The van der Waals surface area contributed by atoms with Crippen LogP contribution < -0.4 is 10.1 Å². The fourth-order valence-corrected chi connectivity index (χ4v) is 2.45. The van der Waals surface area contributed by atoms with Gasteiger partial charge in [0.25, 0.3) is 5.91 Å². The number of aliphatic carboxylic acids is 1. The van der Waals surface area contributed by atoms with Crippen molar-refractivity contribution in [1.82, 2.24) is 0 Å². The Morgan fingerprint density at radius 1 is 1.07 bits per heavy atom. The number of amides is 1. The molecule has 0 fully saturated rings. The van der Waals surface area contributed by atoms with Crippen molar-refractivity contribution in [2.24, 2.45) is 5.92 Å². The van der Waals surface area contributed by atoms with Crippen LogP contribution in [-0.4, -0.2) is 28.9 Å². The van der Waals surface area contributed by atoms with Gasteiger partial charge in [0.05, 0.1) is 5.92 Å². The molecule has 0 aromatic heterocycles. The lowest BCUT2D eigenvalue weighted by Crippen LogP contribution is -2.30. The molecule has 2 rings (SSSR count). The molecular formula is C21H23NO5. The minimum Gasteiger partial charge on any atom is -0.481 e. The van der Waals surface area contributed by atoms with Gasteiger partial charge in [0.15, 0.2) is 11.9 Å². The summed E-state index contributed by atoms with van der Waals surface area (Å²) in [6, 6.07) is 13.7. The number of ketones is 1. The number of nitrogens with one attached hydrogen (secondary N) is 1. The van der Waals surface area contributed by atoms with Gasteiger partial charge >= 0.3 is 5.97 Å². The zero-order valence-corrected chi connectivity index (χ0v) is 15.6. The Labute approximate surface area is 158 Å². The third-order valence-corrected chi connectivity index (χ3v) is 4.11. The third kappa shape index (κ3) is 5.95. The van der Waals surface area contributed by atoms with Crippen LogP contribution in [0.15, 0.2) is 48.5 Å². The van der Waals surface area contributed by atoms with Crippen molar-refractivity contribution in [1.29, 1.82) is 0 Å². The van der Waals surface area contributed by atoms with E-state index in [0.29, 0.717) is 23.4 Å². The van der Waals surface area contributed by atoms with Crippen molar-refractivity contribution >= 4 is 23.3 Å². The van der Waals surface area contributed by atoms with E-state index < -0.39 is 18.0 Å². The second-order valence-electron chi connectivity index (χ2n) is 6.47. The summed E-state index contributed by atoms with van der Waals surface area (Å²) in [6.45, 7) is 4.74. The highest BCUT2D eigenvalue weighted by atomic mass is 16.5. The Bertz CT molecular complexity index is 829. The third-order valence-electron chi connectivity index (χ3n) is 4.11. The molecular weight excluding hydrogens is 346 g/mol. The number of ether oxygens (including phenoxy) is 1. The molecule has 0 saturated heterocycles. The average Bonchev–Trinajstić information content (AvgIpc) is 2.63. The molecule has 0 radical (unpaired) electrons. The molecule has 0 heterocycles. The second-order valence-corrected chi connectivity index (χ2v) is 6.47. The van der Waals surface area contributed by atoms with Gasteiger partial charge in [-0.05, 0) is 50.1 Å². The summed E-state index contributed by atoms with van der Waals surface area (Å²) >= 11 is 0. The maximum atomic E-state index is 12.3. The molecule has 2 aromatic carbocycles. The molecule has 0 bridgehead atoms. The number of benzene rings is 2. The molecule has 6 nitrogen and oxygen atoms in total. The predicted molar refractivity (Wildman–Crippen MR) is 102 cm³/mol. The minimum atomic E-state index is -0.841. The van der Waals surface area contributed by atoms with Crippen LogP contribution in [0.2, 0.25) is 0 Å². The zero-order chi connectivity index (χ0) is 20.0. The van der Waals surface area contributed by atoms with Gasteiger partial charge < -0.3 is 15.2 Å². The van der Waals surface area contributed by atoms with Crippen molar-refractivity contribution in [2.45, 2.75) is 33.3 Å². The van der Waals surface area contributed by atoms with E-state index >= 15 is 0 Å². The van der Waals surface area contributed by atoms with Crippen LogP contribution in [0.4, 0.5) is 5.69 Å². The maximum absolute atomic E-state index is 12.3. The number of Topliss-reactive ketones (excluding diaryl/α,β-unsaturated/α-hetero) is 1. The van der Waals surface area contributed by atoms with Crippen LogP contribution in [0, 0.1) is 5.92 Å². The average molecular weight is 369 g/mol. The van der Waals surface area contributed by atoms with E-state index in [-0.39, 0.29) is 11.7 Å². The van der Waals surface area contributed by atoms with Crippen molar-refractivity contribution in [2.75, 3.05) is 5.32 Å². The Morgan fingerprint density at radius 3 is 2.33 bits per heavy atom. The number of carbonyl (C=O) groups is 3. The van der Waals surface area contributed by atoms with Crippen LogP contribution in [0.1, 0.15) is 36.7 Å². The predicted octanol–water partition coefficient (Wildman–Crippen LogP) is 3.56. The summed E-state index contributed by atoms with van der Waals surface area (Å²) in [7, 11) is 0. The molecule has 0 saturated carbocycles. The normalized spacial score (nSPS) is 12.7. The highest BCUT2D eigenvalue weighted by Gasteiger charge is 2.16. The quantitative estimate of drug-likeness (QED) is 0.694. The van der Waals surface area contributed by atoms with Crippen LogP contribution >= 0.6 is 0 Å². The molecule has 0 aliphatic rings. The molecule has 2 aromatic rings. The minimum absolute atomic E-state index is 0.0742. The molecule has 27 heavy (non-hydrogen) atoms. The van der Waals surface area contributed by atoms with E-state index in [1.807, 2.05) is 0 Å². The molecule has 1 amide bonds. The highest BCUT2D eigenvalue weighted by molar-refractivity contribution is 5.95. The van der Waals surface area contributed by atoms with Crippen LogP contribution in [0.5, 0.6) is 5.75 Å². The molecule has 2 N–H and O–H groups in total. The number of anilines is 1. The monoisotopic (exact) mass is 369 g/mol. The van der Waals surface area contributed by atoms with Gasteiger partial charge in [-0.2, -0.15) is 0 Å². The second kappa shape index (κ2) is 8.98. The number of hydrogen-bond donors (Lipinski definition) is 2. The first-order valence-electron chi connectivity index (χ1n) is 8.66. The lowest BCUT2D eigenvalue weighted by Gasteiger charge is -2.15. The van der Waals surface area contributed by atoms with E-state index in [9.17, 15) is 14.4 Å². The Hall–Kier alpha value is -3.15. The Kier molecular flexibility index (Phi) is 6.71. The molecule has 2 atom stereocenters. The lowest BCUT2D eigenvalue weighted by molar-refractivity contribution is -0.141. The van der Waals surface area contributed by atoms with Crippen molar-refractivity contribution < 1.29 is 24.2 Å². The summed E-state index contributed by atoms with van der Waals surface area (Å²) in [5, 5.41) is 11.7. The molecule has 2 unspecified atom stereocenters. The molecule has 0 spiro atoms. The lowest BCUT2D eigenvalue weighted by atomic mass is 10.0. The van der Waals surface area contributed by atoms with E-state index in [2.05, 4.69) is 5.32 Å². The van der Waals surface area contributed by atoms with E-state index in [1.54, 1.807) is 62.4 Å².